The lowest BCUT2D eigenvalue weighted by atomic mass is 10.1. The Morgan fingerprint density at radius 1 is 1.14 bits per heavy atom. The number of hydrogen-bond acceptors (Lipinski definition) is 5. The fourth-order valence-corrected chi connectivity index (χ4v) is 2.63. The molecule has 28 heavy (non-hydrogen) atoms. The van der Waals surface area contributed by atoms with E-state index in [-0.39, 0.29) is 17.1 Å². The fraction of sp³-hybridized carbons (Fsp3) is 0.150. The minimum Gasteiger partial charge on any atom is -0.493 e. The molecule has 2 amide bonds. The first-order valence-electron chi connectivity index (χ1n) is 8.41. The molecule has 1 aliphatic heterocycles. The van der Waals surface area contributed by atoms with Gasteiger partial charge in [0, 0.05) is 5.56 Å². The molecule has 2 aromatic carbocycles. The number of hydrogen-bond donors (Lipinski definition) is 2. The van der Waals surface area contributed by atoms with E-state index in [1.54, 1.807) is 48.5 Å². The van der Waals surface area contributed by atoms with Crippen molar-refractivity contribution in [3.63, 3.8) is 0 Å². The van der Waals surface area contributed by atoms with Crippen LogP contribution in [0.1, 0.15) is 12.5 Å². The summed E-state index contributed by atoms with van der Waals surface area (Å²) in [5.41, 5.74) is 3.27. The van der Waals surface area contributed by atoms with Gasteiger partial charge in [0.1, 0.15) is 5.57 Å². The minimum atomic E-state index is -1.16. The van der Waals surface area contributed by atoms with Crippen molar-refractivity contribution in [1.29, 1.82) is 0 Å². The molecule has 1 saturated heterocycles. The van der Waals surface area contributed by atoms with Gasteiger partial charge in [-0.15, -0.1) is 0 Å². The third-order valence-electron chi connectivity index (χ3n) is 4.08. The summed E-state index contributed by atoms with van der Waals surface area (Å²) in [6.07, 6.45) is 0.204. The van der Waals surface area contributed by atoms with Crippen molar-refractivity contribution in [3.8, 4) is 11.5 Å². The minimum absolute atomic E-state index is 0.107. The first-order chi connectivity index (χ1) is 13.4. The number of anilines is 1. The number of carboxylic acid groups (broad SMARTS) is 1. The van der Waals surface area contributed by atoms with Gasteiger partial charge < -0.3 is 14.6 Å². The highest BCUT2D eigenvalue weighted by Crippen LogP contribution is 2.34. The van der Waals surface area contributed by atoms with Crippen LogP contribution in [0, 0.1) is 0 Å². The summed E-state index contributed by atoms with van der Waals surface area (Å²) in [6.45, 7) is 1.37. The summed E-state index contributed by atoms with van der Waals surface area (Å²) < 4.78 is 10.7. The number of para-hydroxylation sites is 2. The predicted octanol–water partition coefficient (Wildman–Crippen LogP) is 2.01. The van der Waals surface area contributed by atoms with Gasteiger partial charge in [-0.25, -0.2) is 9.80 Å². The average molecular weight is 382 g/mol. The van der Waals surface area contributed by atoms with Crippen LogP contribution >= 0.6 is 0 Å². The average Bonchev–Trinajstić information content (AvgIpc) is 2.97. The molecule has 0 spiro atoms. The number of hydrazine groups is 1. The number of nitrogens with zero attached hydrogens (tertiary/aromatic N) is 1. The van der Waals surface area contributed by atoms with Crippen LogP contribution in [0.4, 0.5) is 5.69 Å². The maximum Gasteiger partial charge on any atom is 0.344 e. The number of benzene rings is 2. The molecule has 2 N–H and O–H groups in total. The number of amides is 2. The lowest BCUT2D eigenvalue weighted by Crippen LogP contribution is -2.35. The van der Waals surface area contributed by atoms with E-state index in [2.05, 4.69) is 5.43 Å². The van der Waals surface area contributed by atoms with Crippen molar-refractivity contribution < 1.29 is 29.0 Å². The molecular formula is C20H18N2O6. The molecular weight excluding hydrogens is 364 g/mol. The summed E-state index contributed by atoms with van der Waals surface area (Å²) in [4.78, 5) is 36.2. The number of carbonyl (C=O) groups is 3. The molecule has 1 aliphatic rings. The number of ether oxygens (including phenoxy) is 2. The number of aliphatic carboxylic acids is 1. The second kappa shape index (κ2) is 7.83. The molecule has 0 bridgehead atoms. The first kappa shape index (κ1) is 19.0. The Balaban J connectivity index is 2.00. The third kappa shape index (κ3) is 3.66. The number of rotatable bonds is 6. The molecule has 2 aromatic rings. The smallest absolute Gasteiger partial charge is 0.344 e. The van der Waals surface area contributed by atoms with Crippen LogP contribution in [-0.2, 0) is 14.4 Å². The van der Waals surface area contributed by atoms with E-state index in [0.29, 0.717) is 11.3 Å². The Kier molecular flexibility index (Phi) is 5.30. The molecule has 0 unspecified atom stereocenters. The van der Waals surface area contributed by atoms with E-state index < -0.39 is 23.9 Å². The molecule has 0 aliphatic carbocycles. The summed E-state index contributed by atoms with van der Waals surface area (Å²) in [5.74, 6) is -1.85. The van der Waals surface area contributed by atoms with E-state index in [4.69, 9.17) is 14.6 Å². The van der Waals surface area contributed by atoms with Crippen molar-refractivity contribution >= 4 is 29.5 Å². The Labute approximate surface area is 160 Å². The predicted molar refractivity (Wildman–Crippen MR) is 101 cm³/mol. The van der Waals surface area contributed by atoms with Crippen molar-refractivity contribution in [1.82, 2.24) is 5.43 Å². The number of carbonyl (C=O) groups excluding carboxylic acids is 2. The van der Waals surface area contributed by atoms with Crippen molar-refractivity contribution in [3.05, 3.63) is 59.7 Å². The molecule has 1 fully saturated rings. The molecule has 8 nitrogen and oxygen atoms in total. The quantitative estimate of drug-likeness (QED) is 0.585. The van der Waals surface area contributed by atoms with E-state index >= 15 is 0 Å². The van der Waals surface area contributed by atoms with Gasteiger partial charge in [0.05, 0.1) is 12.8 Å². The lowest BCUT2D eigenvalue weighted by molar-refractivity contribution is -0.144. The summed E-state index contributed by atoms with van der Waals surface area (Å²) in [7, 11) is 1.41. The van der Waals surface area contributed by atoms with E-state index in [1.165, 1.54) is 20.1 Å². The Bertz CT molecular complexity index is 954. The Hall–Kier alpha value is -3.81. The second-order valence-corrected chi connectivity index (χ2v) is 5.95. The molecule has 144 valence electrons. The van der Waals surface area contributed by atoms with E-state index in [9.17, 15) is 14.4 Å². The zero-order valence-corrected chi connectivity index (χ0v) is 15.2. The first-order valence-corrected chi connectivity index (χ1v) is 8.41. The van der Waals surface area contributed by atoms with Crippen LogP contribution in [-0.4, -0.2) is 36.1 Å². The monoisotopic (exact) mass is 382 g/mol. The molecule has 0 radical (unpaired) electrons. The maximum absolute atomic E-state index is 12.7. The van der Waals surface area contributed by atoms with Crippen LogP contribution < -0.4 is 19.9 Å². The zero-order valence-electron chi connectivity index (χ0n) is 15.2. The van der Waals surface area contributed by atoms with Crippen molar-refractivity contribution in [2.24, 2.45) is 0 Å². The van der Waals surface area contributed by atoms with Gasteiger partial charge in [0.25, 0.3) is 11.8 Å². The van der Waals surface area contributed by atoms with Gasteiger partial charge in [-0.3, -0.25) is 15.0 Å². The van der Waals surface area contributed by atoms with Gasteiger partial charge in [-0.2, -0.15) is 0 Å². The highest BCUT2D eigenvalue weighted by atomic mass is 16.5. The van der Waals surface area contributed by atoms with Crippen LogP contribution in [0.25, 0.3) is 6.08 Å². The summed E-state index contributed by atoms with van der Waals surface area (Å²) >= 11 is 0. The molecule has 1 atom stereocenters. The highest BCUT2D eigenvalue weighted by Gasteiger charge is 2.34. The van der Waals surface area contributed by atoms with Gasteiger partial charge in [0.2, 0.25) is 0 Å². The standard InChI is InChI=1S/C20H18N2O6/c1-12(20(25)26)28-17-13(7-6-10-16(17)27-2)11-15-18(23)21-22(19(15)24)14-8-4-3-5-9-14/h3-12H,1-2H3,(H,21,23)(H,25,26)/b15-11+/t12-/m1/s1. The molecule has 3 rings (SSSR count). The van der Waals surface area contributed by atoms with Crippen molar-refractivity contribution in [2.45, 2.75) is 13.0 Å². The van der Waals surface area contributed by atoms with Gasteiger partial charge in [-0.1, -0.05) is 30.3 Å². The topological polar surface area (TPSA) is 105 Å². The second-order valence-electron chi connectivity index (χ2n) is 5.95. The van der Waals surface area contributed by atoms with Crippen LogP contribution in [0.3, 0.4) is 0 Å². The Morgan fingerprint density at radius 3 is 2.50 bits per heavy atom. The van der Waals surface area contributed by atoms with Crippen molar-refractivity contribution in [2.75, 3.05) is 12.1 Å². The Morgan fingerprint density at radius 2 is 1.86 bits per heavy atom. The van der Waals surface area contributed by atoms with Crippen LogP contribution in [0.15, 0.2) is 54.1 Å². The number of carboxylic acids is 1. The fourth-order valence-electron chi connectivity index (χ4n) is 2.63. The molecule has 0 aromatic heterocycles. The van der Waals surface area contributed by atoms with Crippen LogP contribution in [0.5, 0.6) is 11.5 Å². The largest absolute Gasteiger partial charge is 0.493 e. The van der Waals surface area contributed by atoms with Gasteiger partial charge in [0.15, 0.2) is 17.6 Å². The molecule has 0 saturated carbocycles. The molecule has 1 heterocycles. The van der Waals surface area contributed by atoms with E-state index in [1.807, 2.05) is 0 Å². The maximum atomic E-state index is 12.7. The number of nitrogens with one attached hydrogen (secondary N) is 1. The molecule has 8 heteroatoms. The number of methoxy groups -OCH3 is 1. The zero-order chi connectivity index (χ0) is 20.3. The van der Waals surface area contributed by atoms with Crippen LogP contribution in [0.2, 0.25) is 0 Å². The van der Waals surface area contributed by atoms with Gasteiger partial charge in [-0.05, 0) is 31.2 Å². The summed E-state index contributed by atoms with van der Waals surface area (Å²) in [6, 6.07) is 13.5. The SMILES string of the molecule is COc1cccc(/C=C2\C(=O)NN(c3ccccc3)C2=O)c1O[C@H](C)C(=O)O. The third-order valence-corrected chi connectivity index (χ3v) is 4.08. The highest BCUT2D eigenvalue weighted by molar-refractivity contribution is 6.31. The lowest BCUT2D eigenvalue weighted by Gasteiger charge is -2.16. The van der Waals surface area contributed by atoms with Gasteiger partial charge >= 0.3 is 5.97 Å². The van der Waals surface area contributed by atoms with E-state index in [0.717, 1.165) is 5.01 Å². The summed E-state index contributed by atoms with van der Waals surface area (Å²) in [5, 5.41) is 10.3. The normalized spacial score (nSPS) is 16.1.